The van der Waals surface area contributed by atoms with E-state index in [1.54, 1.807) is 93.2 Å². The molecule has 4 aromatic heterocycles. The first-order chi connectivity index (χ1) is 49.0. The van der Waals surface area contributed by atoms with Gasteiger partial charge in [0, 0.05) is 95.2 Å². The second kappa shape index (κ2) is 29.4. The number of benzene rings is 6. The Bertz CT molecular complexity index is 5240. The smallest absolute Gasteiger partial charge is 0.308 e. The zero-order valence-electron chi connectivity index (χ0n) is 59.8. The van der Waals surface area contributed by atoms with E-state index in [1.807, 2.05) is 56.3 Å². The van der Waals surface area contributed by atoms with Gasteiger partial charge < -0.3 is 29.3 Å². The van der Waals surface area contributed by atoms with Gasteiger partial charge >= 0.3 is 11.9 Å². The van der Waals surface area contributed by atoms with Crippen molar-refractivity contribution in [3.63, 3.8) is 0 Å². The van der Waals surface area contributed by atoms with Gasteiger partial charge in [0.05, 0.1) is 63.4 Å². The first-order valence-corrected chi connectivity index (χ1v) is 38.0. The zero-order chi connectivity index (χ0) is 75.2. The summed E-state index contributed by atoms with van der Waals surface area (Å²) in [5, 5.41) is 20.1. The van der Waals surface area contributed by atoms with E-state index in [0.717, 1.165) is 16.7 Å². The normalized spacial score (nSPS) is 19.6. The van der Waals surface area contributed by atoms with E-state index >= 15 is 17.6 Å². The van der Waals surface area contributed by atoms with Crippen molar-refractivity contribution in [1.82, 2.24) is 39.5 Å². The minimum absolute atomic E-state index is 0.00817. The number of carboxylic acid groups (broad SMARTS) is 1. The monoisotopic (exact) mass is 1460 g/mol. The number of hydrogen-bond acceptors (Lipinski definition) is 15. The number of ether oxygens (including phenoxy) is 3. The van der Waals surface area contributed by atoms with E-state index in [4.69, 9.17) is 34.4 Å². The number of aliphatic carboxylic acids is 1. The van der Waals surface area contributed by atoms with E-state index in [-0.39, 0.29) is 132 Å². The van der Waals surface area contributed by atoms with Crippen LogP contribution >= 0.6 is 0 Å². The van der Waals surface area contributed by atoms with Gasteiger partial charge in [-0.25, -0.2) is 53.7 Å². The number of ketones is 2. The molecule has 26 heteroatoms. The second-order valence-corrected chi connectivity index (χ2v) is 33.5. The van der Waals surface area contributed by atoms with E-state index in [1.165, 1.54) is 57.9 Å². The molecule has 2 aliphatic rings. The SMILES string of the molecule is CC(Cc1cccc(C2(C)CCC(=O)C(C)(C)CS(=O)(=O)CCc3c(c(F)cc4[nH]ccc34)Oc3ccc(F)c(c3)-c3nc2nn3C)c1)C(=O)O.CCOC(=O)C(C)Cc1cccc(C2(C)CCC(=O)C(C)(C)CS(=O)(=O)CCc3c(c(F)cc4[nH]ccc34)Oc3ccc(F)c(c3)-c3nc2nn3C)c1. The van der Waals surface area contributed by atoms with Crippen LogP contribution in [0.15, 0.2) is 122 Å². The van der Waals surface area contributed by atoms with E-state index < -0.39 is 93.9 Å². The summed E-state index contributed by atoms with van der Waals surface area (Å²) in [6.07, 6.45) is 4.09. The summed E-state index contributed by atoms with van der Waals surface area (Å²) in [5.74, 6) is -6.31. The number of hydrogen-bond donors (Lipinski definition) is 3. The maximum Gasteiger partial charge on any atom is 0.308 e. The number of carboxylic acids is 1. The van der Waals surface area contributed by atoms with Gasteiger partial charge in [-0.1, -0.05) is 90.1 Å². The Balaban J connectivity index is 0.000000208. The van der Waals surface area contributed by atoms with Crippen LogP contribution in [-0.4, -0.2) is 115 Å². The van der Waals surface area contributed by atoms with Crippen LogP contribution in [0.4, 0.5) is 17.6 Å². The van der Waals surface area contributed by atoms with Crippen LogP contribution in [0.25, 0.3) is 44.6 Å². The molecule has 0 saturated carbocycles. The lowest BCUT2D eigenvalue weighted by Crippen LogP contribution is -2.35. The molecule has 6 aromatic carbocycles. The molecule has 2 aliphatic heterocycles. The van der Waals surface area contributed by atoms with Crippen molar-refractivity contribution in [3.8, 4) is 45.8 Å². The van der Waals surface area contributed by atoms with E-state index in [2.05, 4.69) is 9.97 Å². The lowest BCUT2D eigenvalue weighted by molar-refractivity contribution is -0.147. The van der Waals surface area contributed by atoms with Gasteiger partial charge in [-0.05, 0) is 130 Å². The van der Waals surface area contributed by atoms with Gasteiger partial charge in [0.25, 0.3) is 0 Å². The molecule has 0 spiro atoms. The lowest BCUT2D eigenvalue weighted by Gasteiger charge is -2.30. The number of H-pyrrole nitrogens is 2. The van der Waals surface area contributed by atoms with Crippen LogP contribution in [0.1, 0.15) is 133 Å². The molecule has 0 radical (unpaired) electrons. The average molecular weight is 1470 g/mol. The Morgan fingerprint density at radius 1 is 0.577 bits per heavy atom. The lowest BCUT2D eigenvalue weighted by atomic mass is 9.74. The summed E-state index contributed by atoms with van der Waals surface area (Å²) >= 11 is 0. The molecule has 3 N–H and O–H groups in total. The number of nitrogens with zero attached hydrogens (tertiary/aromatic N) is 6. The largest absolute Gasteiger partial charge is 0.481 e. The number of aromatic nitrogens is 8. The Morgan fingerprint density at radius 3 is 1.39 bits per heavy atom. The molecule has 0 saturated heterocycles. The molecule has 548 valence electrons. The molecule has 20 nitrogen and oxygen atoms in total. The third kappa shape index (κ3) is 16.0. The highest BCUT2D eigenvalue weighted by molar-refractivity contribution is 7.91. The van der Waals surface area contributed by atoms with Crippen molar-refractivity contribution in [2.75, 3.05) is 29.6 Å². The molecule has 0 fully saturated rings. The van der Waals surface area contributed by atoms with Crippen molar-refractivity contribution in [2.45, 2.75) is 125 Å². The Hall–Kier alpha value is -9.82. The average Bonchev–Trinajstić information content (AvgIpc) is 1.55. The number of carbonyl (C=O) groups excluding carboxylic acids is 3. The highest BCUT2D eigenvalue weighted by atomic mass is 32.2. The van der Waals surface area contributed by atoms with Crippen LogP contribution in [0, 0.1) is 45.9 Å². The molecule has 10 aromatic rings. The molecule has 4 atom stereocenters. The minimum Gasteiger partial charge on any atom is -0.481 e. The number of esters is 1. The van der Waals surface area contributed by atoms with Gasteiger partial charge in [0.1, 0.15) is 34.7 Å². The van der Waals surface area contributed by atoms with Gasteiger partial charge in [0.15, 0.2) is 66.1 Å². The minimum atomic E-state index is -3.85. The summed E-state index contributed by atoms with van der Waals surface area (Å²) < 4.78 is 138. The highest BCUT2D eigenvalue weighted by Gasteiger charge is 2.42. The van der Waals surface area contributed by atoms with Gasteiger partial charge in [-0.15, -0.1) is 0 Å². The molecule has 0 aliphatic carbocycles. The highest BCUT2D eigenvalue weighted by Crippen LogP contribution is 2.44. The third-order valence-electron chi connectivity index (χ3n) is 20.1. The first kappa shape index (κ1) is 75.3. The van der Waals surface area contributed by atoms with Crippen molar-refractivity contribution in [3.05, 3.63) is 190 Å². The fourth-order valence-electron chi connectivity index (χ4n) is 13.9. The number of Topliss-reactive ketones (excluding diaryl/α,β-unsaturated/α-hetero) is 2. The van der Waals surface area contributed by atoms with Crippen molar-refractivity contribution >= 4 is 65.0 Å². The van der Waals surface area contributed by atoms with E-state index in [0.29, 0.717) is 50.7 Å². The molecule has 4 unspecified atom stereocenters. The van der Waals surface area contributed by atoms with Crippen LogP contribution in [-0.2, 0) is 94.2 Å². The first-order valence-electron chi connectivity index (χ1n) is 34.4. The van der Waals surface area contributed by atoms with Gasteiger partial charge in [-0.2, -0.15) is 10.2 Å². The molecular weight excluding hydrogens is 1380 g/mol. The zero-order valence-corrected chi connectivity index (χ0v) is 61.5. The van der Waals surface area contributed by atoms with Gasteiger partial charge in [0.2, 0.25) is 0 Å². The van der Waals surface area contributed by atoms with Crippen molar-refractivity contribution in [1.29, 1.82) is 0 Å². The predicted molar refractivity (Wildman–Crippen MR) is 386 cm³/mol. The third-order valence-corrected chi connectivity index (χ3v) is 24.0. The molecule has 6 heterocycles. The quantitative estimate of drug-likeness (QED) is 0.0894. The van der Waals surface area contributed by atoms with Crippen molar-refractivity contribution in [2.24, 2.45) is 36.8 Å². The fraction of sp³-hybridized carbons (Fsp3) is 0.385. The standard InChI is InChI=1S/C40H44F2N4O6S.C38H40F2N4O6S/c1-7-51-37(48)24(2)19-25-9-8-10-26(20-25)40(5)16-13-34(47)39(3,4)23-53(49,50)18-15-29-28-14-17-43-33(28)22-32(42)35(29)52-27-11-12-31(41)30(21-27)36-44-38(40)45-46(36)6;1-22(35(46)47)17-23-7-6-8-24(18-23)38(4)14-11-32(45)37(2,3)21-51(48,49)16-13-27-26-12-15-41-31(26)20-30(40)33(27)50-25-9-10-29(39)28(19-25)34-42-36(38)43-44(34)5/h8-12,14,17,20-22,24,43H,7,13,15-16,18-19,23H2,1-6H3;6-10,12,15,18-20,22,41H,11,13-14,16-17,21H2,1-5H3,(H,46,47). The Morgan fingerprint density at radius 2 is 0.990 bits per heavy atom. The maximum atomic E-state index is 15.7. The topological polar surface area (TPSA) is 277 Å². The van der Waals surface area contributed by atoms with Crippen molar-refractivity contribution < 1.29 is 72.9 Å². The van der Waals surface area contributed by atoms with E-state index in [9.17, 15) is 41.1 Å². The van der Waals surface area contributed by atoms with Crippen LogP contribution in [0.3, 0.4) is 0 Å². The van der Waals surface area contributed by atoms with Crippen LogP contribution < -0.4 is 9.47 Å². The molecule has 104 heavy (non-hydrogen) atoms. The number of fused-ring (bicyclic) bond motifs is 16. The second-order valence-electron chi connectivity index (χ2n) is 29.1. The maximum absolute atomic E-state index is 15.7. The summed E-state index contributed by atoms with van der Waals surface area (Å²) in [4.78, 5) is 67.5. The summed E-state index contributed by atoms with van der Waals surface area (Å²) in [5.41, 5.74) is 0.184. The number of rotatable bonds is 9. The molecule has 0 amide bonds. The van der Waals surface area contributed by atoms with Crippen LogP contribution in [0.5, 0.6) is 23.0 Å². The van der Waals surface area contributed by atoms with Gasteiger partial charge in [-0.3, -0.25) is 19.2 Å². The summed E-state index contributed by atoms with van der Waals surface area (Å²) in [6, 6.07) is 28.8. The fourth-order valence-corrected chi connectivity index (χ4v) is 17.8. The Kier molecular flexibility index (Phi) is 21.3. The summed E-state index contributed by atoms with van der Waals surface area (Å²) in [7, 11) is -4.44. The number of carbonyl (C=O) groups is 4. The number of sulfone groups is 2. The number of halogens is 4. The Labute approximate surface area is 600 Å². The predicted octanol–water partition coefficient (Wildman–Crippen LogP) is 14.4. The van der Waals surface area contributed by atoms with Crippen LogP contribution in [0.2, 0.25) is 0 Å². The number of nitrogens with one attached hydrogen (secondary N) is 2. The molecule has 8 bridgehead atoms. The number of aromatic amines is 2. The summed E-state index contributed by atoms with van der Waals surface area (Å²) in [6.45, 7) is 15.6. The molecular formula is C78H84F4N8O12S2. The number of aryl methyl sites for hydroxylation is 4. The molecule has 12 rings (SSSR count).